The second kappa shape index (κ2) is 6.74. The maximum Gasteiger partial charge on any atom is 0.0502 e. The minimum absolute atomic E-state index is 0.186. The van der Waals surface area contributed by atoms with Crippen LogP contribution in [0.4, 0.5) is 0 Å². The van der Waals surface area contributed by atoms with E-state index in [1.807, 2.05) is 6.07 Å². The Labute approximate surface area is 121 Å². The molecule has 2 rings (SSSR count). The van der Waals surface area contributed by atoms with E-state index in [4.69, 9.17) is 17.4 Å². The van der Waals surface area contributed by atoms with Crippen LogP contribution in [0.3, 0.4) is 0 Å². The number of hydrazine groups is 1. The number of nitrogens with one attached hydrogen (secondary N) is 1. The van der Waals surface area contributed by atoms with Crippen LogP contribution in [0, 0.1) is 18.8 Å². The van der Waals surface area contributed by atoms with E-state index in [1.54, 1.807) is 0 Å². The maximum absolute atomic E-state index is 6.38. The normalized spacial score (nSPS) is 25.3. The van der Waals surface area contributed by atoms with Gasteiger partial charge in [0.15, 0.2) is 0 Å². The molecule has 2 nitrogen and oxygen atoms in total. The fourth-order valence-corrected chi connectivity index (χ4v) is 3.65. The highest BCUT2D eigenvalue weighted by molar-refractivity contribution is 6.31. The maximum atomic E-state index is 6.38. The lowest BCUT2D eigenvalue weighted by molar-refractivity contribution is 0.219. The molecule has 1 aromatic carbocycles. The molecule has 106 valence electrons. The highest BCUT2D eigenvalue weighted by Gasteiger charge is 2.28. The van der Waals surface area contributed by atoms with Crippen LogP contribution < -0.4 is 11.3 Å². The van der Waals surface area contributed by atoms with Crippen LogP contribution in [-0.4, -0.2) is 0 Å². The number of hydrogen-bond acceptors (Lipinski definition) is 2. The first-order valence-electron chi connectivity index (χ1n) is 7.37. The van der Waals surface area contributed by atoms with E-state index >= 15 is 0 Å². The number of nitrogens with two attached hydrogens (primary N) is 1. The quantitative estimate of drug-likeness (QED) is 0.635. The summed E-state index contributed by atoms with van der Waals surface area (Å²) in [6, 6.07) is 6.45. The van der Waals surface area contributed by atoms with E-state index in [0.29, 0.717) is 5.92 Å². The van der Waals surface area contributed by atoms with Crippen LogP contribution in [0.15, 0.2) is 18.2 Å². The van der Waals surface area contributed by atoms with Crippen LogP contribution in [0.1, 0.15) is 56.2 Å². The van der Waals surface area contributed by atoms with Gasteiger partial charge in [0.1, 0.15) is 0 Å². The summed E-state index contributed by atoms with van der Waals surface area (Å²) in [7, 11) is 0. The molecule has 0 heterocycles. The molecular formula is C16H25ClN2. The lowest BCUT2D eigenvalue weighted by atomic mass is 9.76. The minimum Gasteiger partial charge on any atom is -0.271 e. The third-order valence-corrected chi connectivity index (χ3v) is 4.94. The molecule has 1 fully saturated rings. The molecule has 1 aliphatic rings. The summed E-state index contributed by atoms with van der Waals surface area (Å²) in [6.07, 6.45) is 6.44. The topological polar surface area (TPSA) is 38.0 Å². The molecule has 0 aromatic heterocycles. The highest BCUT2D eigenvalue weighted by atomic mass is 35.5. The first kappa shape index (κ1) is 14.8. The molecule has 1 saturated carbocycles. The van der Waals surface area contributed by atoms with E-state index in [-0.39, 0.29) is 6.04 Å². The molecule has 0 amide bonds. The molecule has 0 radical (unpaired) electrons. The SMILES string of the molecule is CCC1CCC(C(NN)c2ccc(C)cc2Cl)CC1. The van der Waals surface area contributed by atoms with Gasteiger partial charge in [-0.3, -0.25) is 11.3 Å². The van der Waals surface area contributed by atoms with E-state index in [9.17, 15) is 0 Å². The summed E-state index contributed by atoms with van der Waals surface area (Å²) in [5.74, 6) is 7.31. The van der Waals surface area contributed by atoms with Crippen molar-refractivity contribution in [3.05, 3.63) is 34.3 Å². The molecule has 3 N–H and O–H groups in total. The second-order valence-electron chi connectivity index (χ2n) is 5.86. The van der Waals surface area contributed by atoms with Gasteiger partial charge in [-0.15, -0.1) is 0 Å². The fraction of sp³-hybridized carbons (Fsp3) is 0.625. The van der Waals surface area contributed by atoms with Gasteiger partial charge in [-0.05, 0) is 48.8 Å². The number of rotatable bonds is 4. The van der Waals surface area contributed by atoms with Crippen molar-refractivity contribution in [2.45, 2.75) is 52.0 Å². The predicted molar refractivity (Wildman–Crippen MR) is 82.0 cm³/mol. The summed E-state index contributed by atoms with van der Waals surface area (Å²) in [5.41, 5.74) is 5.34. The summed E-state index contributed by atoms with van der Waals surface area (Å²) in [4.78, 5) is 0. The highest BCUT2D eigenvalue weighted by Crippen LogP contribution is 2.39. The molecule has 19 heavy (non-hydrogen) atoms. The molecule has 1 aromatic rings. The first-order chi connectivity index (χ1) is 9.15. The molecule has 3 heteroatoms. The van der Waals surface area contributed by atoms with Crippen LogP contribution in [0.2, 0.25) is 5.02 Å². The minimum atomic E-state index is 0.186. The van der Waals surface area contributed by atoms with Crippen molar-refractivity contribution in [1.82, 2.24) is 5.43 Å². The lowest BCUT2D eigenvalue weighted by Gasteiger charge is -2.34. The average Bonchev–Trinajstić information content (AvgIpc) is 2.42. The van der Waals surface area contributed by atoms with Gasteiger partial charge in [-0.2, -0.15) is 0 Å². The molecule has 0 aliphatic heterocycles. The summed E-state index contributed by atoms with van der Waals surface area (Å²) in [6.45, 7) is 4.35. The van der Waals surface area contributed by atoms with E-state index in [2.05, 4.69) is 31.4 Å². The van der Waals surface area contributed by atoms with Gasteiger partial charge in [0, 0.05) is 5.02 Å². The van der Waals surface area contributed by atoms with Crippen molar-refractivity contribution < 1.29 is 0 Å². The van der Waals surface area contributed by atoms with Crippen LogP contribution >= 0.6 is 11.6 Å². The van der Waals surface area contributed by atoms with E-state index < -0.39 is 0 Å². The summed E-state index contributed by atoms with van der Waals surface area (Å²) < 4.78 is 0. The molecule has 0 spiro atoms. The largest absolute Gasteiger partial charge is 0.271 e. The molecular weight excluding hydrogens is 256 g/mol. The number of benzene rings is 1. The number of halogens is 1. The molecule has 0 bridgehead atoms. The van der Waals surface area contributed by atoms with Gasteiger partial charge in [-0.1, -0.05) is 49.9 Å². The third-order valence-electron chi connectivity index (χ3n) is 4.61. The number of aryl methyl sites for hydroxylation is 1. The van der Waals surface area contributed by atoms with Crippen LogP contribution in [0.25, 0.3) is 0 Å². The third kappa shape index (κ3) is 3.50. The average molecular weight is 281 g/mol. The van der Waals surface area contributed by atoms with Gasteiger partial charge >= 0.3 is 0 Å². The Morgan fingerprint density at radius 1 is 1.32 bits per heavy atom. The van der Waals surface area contributed by atoms with Crippen molar-refractivity contribution in [3.8, 4) is 0 Å². The molecule has 1 unspecified atom stereocenters. The van der Waals surface area contributed by atoms with Gasteiger partial charge in [0.25, 0.3) is 0 Å². The van der Waals surface area contributed by atoms with Crippen molar-refractivity contribution in [2.75, 3.05) is 0 Å². The van der Waals surface area contributed by atoms with Gasteiger partial charge < -0.3 is 0 Å². The van der Waals surface area contributed by atoms with Crippen LogP contribution in [-0.2, 0) is 0 Å². The Morgan fingerprint density at radius 2 is 2.00 bits per heavy atom. The van der Waals surface area contributed by atoms with Crippen molar-refractivity contribution >= 4 is 11.6 Å². The monoisotopic (exact) mass is 280 g/mol. The Kier molecular flexibility index (Phi) is 5.26. The lowest BCUT2D eigenvalue weighted by Crippen LogP contribution is -2.35. The molecule has 1 aliphatic carbocycles. The van der Waals surface area contributed by atoms with Crippen molar-refractivity contribution in [3.63, 3.8) is 0 Å². The zero-order valence-electron chi connectivity index (χ0n) is 12.0. The zero-order chi connectivity index (χ0) is 13.8. The van der Waals surface area contributed by atoms with Gasteiger partial charge in [0.2, 0.25) is 0 Å². The Hall–Kier alpha value is -0.570. The number of hydrogen-bond donors (Lipinski definition) is 2. The zero-order valence-corrected chi connectivity index (χ0v) is 12.7. The first-order valence-corrected chi connectivity index (χ1v) is 7.75. The summed E-state index contributed by atoms with van der Waals surface area (Å²) in [5, 5.41) is 0.834. The van der Waals surface area contributed by atoms with E-state index in [0.717, 1.165) is 16.5 Å². The van der Waals surface area contributed by atoms with Crippen molar-refractivity contribution in [1.29, 1.82) is 0 Å². The van der Waals surface area contributed by atoms with Crippen molar-refractivity contribution in [2.24, 2.45) is 17.7 Å². The van der Waals surface area contributed by atoms with Crippen LogP contribution in [0.5, 0.6) is 0 Å². The van der Waals surface area contributed by atoms with Gasteiger partial charge in [0.05, 0.1) is 6.04 Å². The summed E-state index contributed by atoms with van der Waals surface area (Å²) >= 11 is 6.38. The molecule has 1 atom stereocenters. The smallest absolute Gasteiger partial charge is 0.0502 e. The Bertz CT molecular complexity index is 411. The standard InChI is InChI=1S/C16H25ClN2/c1-3-12-5-7-13(8-6-12)16(19-18)14-9-4-11(2)10-15(14)17/h4,9-10,12-13,16,19H,3,5-8,18H2,1-2H3. The van der Waals surface area contributed by atoms with E-state index in [1.165, 1.54) is 37.7 Å². The predicted octanol–water partition coefficient (Wildman–Crippen LogP) is 4.37. The fourth-order valence-electron chi connectivity index (χ4n) is 3.29. The Balaban J connectivity index is 2.12. The molecule has 0 saturated heterocycles. The Morgan fingerprint density at radius 3 is 2.53 bits per heavy atom. The van der Waals surface area contributed by atoms with Gasteiger partial charge in [-0.25, -0.2) is 0 Å². The second-order valence-corrected chi connectivity index (χ2v) is 6.27.